The summed E-state index contributed by atoms with van der Waals surface area (Å²) in [5.74, 6) is -0.999. The standard InChI is InChI=1S/C38H53N5O7/c1-24(2)32(35(46)40-23-27-16-19-29(49-8)21-31(27)44)42-36(47)33(39-22-26-14-17-28(18-15-26)43(6)7)34(45)30(20-25-12-10-9-11-13-25)41-37(48)50-38(3,4)5/h9-19,21,24,30,32-34,39,44-45H,20,22-23H2,1-8H3,(H,40,46)(H,41,48)(H,42,47)/t30-,32-,33+,34+/m0/s1. The number of phenolic OH excluding ortho intramolecular Hbond substituents is 1. The number of rotatable bonds is 16. The van der Waals surface area contributed by atoms with Crippen LogP contribution in [0.3, 0.4) is 0 Å². The van der Waals surface area contributed by atoms with Gasteiger partial charge in [0.25, 0.3) is 0 Å². The lowest BCUT2D eigenvalue weighted by Gasteiger charge is -2.33. The largest absolute Gasteiger partial charge is 0.507 e. The third-order valence-electron chi connectivity index (χ3n) is 8.01. The zero-order valence-electron chi connectivity index (χ0n) is 30.3. The van der Waals surface area contributed by atoms with Gasteiger partial charge < -0.3 is 40.5 Å². The number of nitrogens with zero attached hydrogens (tertiary/aromatic N) is 1. The van der Waals surface area contributed by atoms with Crippen LogP contribution in [0.15, 0.2) is 72.8 Å². The van der Waals surface area contributed by atoms with Crippen LogP contribution in [-0.2, 0) is 33.8 Å². The molecule has 3 aromatic carbocycles. The fourth-order valence-electron chi connectivity index (χ4n) is 5.22. The van der Waals surface area contributed by atoms with Gasteiger partial charge in [0.1, 0.15) is 29.2 Å². The van der Waals surface area contributed by atoms with Gasteiger partial charge in [0.2, 0.25) is 11.8 Å². The highest BCUT2D eigenvalue weighted by Gasteiger charge is 2.37. The van der Waals surface area contributed by atoms with Crippen LogP contribution in [0, 0.1) is 5.92 Å². The molecule has 0 radical (unpaired) electrons. The predicted molar refractivity (Wildman–Crippen MR) is 194 cm³/mol. The minimum atomic E-state index is -1.45. The average molecular weight is 692 g/mol. The SMILES string of the molecule is COc1ccc(CNC(=O)[C@@H](NC(=O)[C@H](NCc2ccc(N(C)C)cc2)[C@H](O)[C@H](Cc2ccccc2)NC(=O)OC(C)(C)C)C(C)C)c(O)c1. The Morgan fingerprint density at radius 1 is 0.840 bits per heavy atom. The highest BCUT2D eigenvalue weighted by Crippen LogP contribution is 2.23. The Morgan fingerprint density at radius 2 is 1.50 bits per heavy atom. The van der Waals surface area contributed by atoms with Crippen molar-refractivity contribution in [3.8, 4) is 11.5 Å². The molecule has 0 heterocycles. The van der Waals surface area contributed by atoms with Crippen LogP contribution in [0.4, 0.5) is 10.5 Å². The van der Waals surface area contributed by atoms with E-state index in [1.807, 2.05) is 73.6 Å². The lowest BCUT2D eigenvalue weighted by Crippen LogP contribution is -2.62. The molecule has 50 heavy (non-hydrogen) atoms. The van der Waals surface area contributed by atoms with Crippen molar-refractivity contribution in [3.05, 3.63) is 89.5 Å². The van der Waals surface area contributed by atoms with E-state index in [4.69, 9.17) is 9.47 Å². The van der Waals surface area contributed by atoms with Gasteiger partial charge in [0.15, 0.2) is 0 Å². The maximum Gasteiger partial charge on any atom is 0.407 e. The fraction of sp³-hybridized carbons (Fsp3) is 0.447. The smallest absolute Gasteiger partial charge is 0.407 e. The Morgan fingerprint density at radius 3 is 2.06 bits per heavy atom. The third-order valence-corrected chi connectivity index (χ3v) is 8.01. The summed E-state index contributed by atoms with van der Waals surface area (Å²) < 4.78 is 10.6. The van der Waals surface area contributed by atoms with Crippen LogP contribution in [0.1, 0.15) is 51.3 Å². The first kappa shape index (κ1) is 39.6. The van der Waals surface area contributed by atoms with Crippen molar-refractivity contribution in [2.24, 2.45) is 5.92 Å². The number of amides is 3. The molecule has 0 spiro atoms. The maximum absolute atomic E-state index is 14.1. The Labute approximate surface area is 295 Å². The summed E-state index contributed by atoms with van der Waals surface area (Å²) in [6.07, 6.45) is -1.99. The summed E-state index contributed by atoms with van der Waals surface area (Å²) in [5, 5.41) is 33.9. The zero-order chi connectivity index (χ0) is 37.0. The topological polar surface area (TPSA) is 161 Å². The molecule has 0 aliphatic carbocycles. The van der Waals surface area contributed by atoms with Crippen molar-refractivity contribution < 1.29 is 34.1 Å². The number of hydrogen-bond acceptors (Lipinski definition) is 9. The number of nitrogens with one attached hydrogen (secondary N) is 4. The van der Waals surface area contributed by atoms with Gasteiger partial charge in [-0.3, -0.25) is 14.9 Å². The summed E-state index contributed by atoms with van der Waals surface area (Å²) in [7, 11) is 5.37. The monoisotopic (exact) mass is 691 g/mol. The molecule has 0 saturated heterocycles. The Bertz CT molecular complexity index is 1540. The van der Waals surface area contributed by atoms with Crippen LogP contribution in [0.5, 0.6) is 11.5 Å². The number of ether oxygens (including phenoxy) is 2. The number of benzene rings is 3. The lowest BCUT2D eigenvalue weighted by atomic mass is 9.94. The van der Waals surface area contributed by atoms with Gasteiger partial charge in [-0.15, -0.1) is 0 Å². The third kappa shape index (κ3) is 12.3. The Balaban J connectivity index is 1.89. The van der Waals surface area contributed by atoms with Gasteiger partial charge in [-0.25, -0.2) is 4.79 Å². The second-order valence-corrected chi connectivity index (χ2v) is 13.8. The van der Waals surface area contributed by atoms with Crippen molar-refractivity contribution >= 4 is 23.6 Å². The number of aliphatic hydroxyl groups is 1. The minimum Gasteiger partial charge on any atom is -0.507 e. The van der Waals surface area contributed by atoms with E-state index in [1.54, 1.807) is 46.8 Å². The molecule has 0 saturated carbocycles. The molecule has 3 amide bonds. The molecule has 0 aliphatic rings. The van der Waals surface area contributed by atoms with Crippen molar-refractivity contribution in [2.45, 2.75) is 84.0 Å². The van der Waals surface area contributed by atoms with E-state index < -0.39 is 47.7 Å². The van der Waals surface area contributed by atoms with E-state index in [2.05, 4.69) is 21.3 Å². The number of anilines is 1. The van der Waals surface area contributed by atoms with Gasteiger partial charge in [-0.2, -0.15) is 0 Å². The summed E-state index contributed by atoms with van der Waals surface area (Å²) in [5.41, 5.74) is 2.37. The minimum absolute atomic E-state index is 0.0138. The summed E-state index contributed by atoms with van der Waals surface area (Å²) in [6, 6.07) is 18.6. The fourth-order valence-corrected chi connectivity index (χ4v) is 5.22. The molecule has 12 nitrogen and oxygen atoms in total. The maximum atomic E-state index is 14.1. The molecule has 3 rings (SSSR count). The van der Waals surface area contributed by atoms with E-state index in [9.17, 15) is 24.6 Å². The molecule has 3 aromatic rings. The quantitative estimate of drug-likeness (QED) is 0.131. The van der Waals surface area contributed by atoms with Crippen LogP contribution < -0.4 is 30.9 Å². The van der Waals surface area contributed by atoms with Gasteiger partial charge in [-0.05, 0) is 68.5 Å². The number of phenols is 1. The highest BCUT2D eigenvalue weighted by molar-refractivity contribution is 5.90. The lowest BCUT2D eigenvalue weighted by molar-refractivity contribution is -0.133. The zero-order valence-corrected chi connectivity index (χ0v) is 30.3. The first-order valence-corrected chi connectivity index (χ1v) is 16.7. The summed E-state index contributed by atoms with van der Waals surface area (Å²) >= 11 is 0. The van der Waals surface area contributed by atoms with Crippen molar-refractivity contribution in [2.75, 3.05) is 26.1 Å². The van der Waals surface area contributed by atoms with E-state index >= 15 is 0 Å². The van der Waals surface area contributed by atoms with Crippen molar-refractivity contribution in [3.63, 3.8) is 0 Å². The molecule has 0 fully saturated rings. The number of carbonyl (C=O) groups is 3. The molecule has 0 aromatic heterocycles. The van der Waals surface area contributed by atoms with Crippen LogP contribution in [-0.4, -0.2) is 79.2 Å². The molecule has 0 aliphatic heterocycles. The van der Waals surface area contributed by atoms with E-state index in [0.717, 1.165) is 16.8 Å². The van der Waals surface area contributed by atoms with Crippen LogP contribution >= 0.6 is 0 Å². The molecule has 0 bridgehead atoms. The number of alkyl carbamates (subject to hydrolysis) is 1. The van der Waals surface area contributed by atoms with E-state index in [1.165, 1.54) is 13.2 Å². The van der Waals surface area contributed by atoms with Gasteiger partial charge in [0, 0.05) is 44.5 Å². The summed E-state index contributed by atoms with van der Waals surface area (Å²) in [4.78, 5) is 42.5. The number of carbonyl (C=O) groups excluding carboxylic acids is 3. The Kier molecular flexibility index (Phi) is 14.5. The first-order chi connectivity index (χ1) is 23.6. The van der Waals surface area contributed by atoms with Gasteiger partial charge >= 0.3 is 6.09 Å². The first-order valence-electron chi connectivity index (χ1n) is 16.7. The normalized spacial score (nSPS) is 13.8. The summed E-state index contributed by atoms with van der Waals surface area (Å²) in [6.45, 7) is 9.03. The van der Waals surface area contributed by atoms with Crippen molar-refractivity contribution in [1.82, 2.24) is 21.3 Å². The average Bonchev–Trinajstić information content (AvgIpc) is 3.05. The van der Waals surface area contributed by atoms with Gasteiger partial charge in [0.05, 0.1) is 19.3 Å². The predicted octanol–water partition coefficient (Wildman–Crippen LogP) is 3.88. The van der Waals surface area contributed by atoms with Crippen LogP contribution in [0.2, 0.25) is 0 Å². The Hall–Kier alpha value is -4.81. The van der Waals surface area contributed by atoms with E-state index in [0.29, 0.717) is 11.3 Å². The number of methoxy groups -OCH3 is 1. The second kappa shape index (κ2) is 18.3. The van der Waals surface area contributed by atoms with Gasteiger partial charge in [-0.1, -0.05) is 56.3 Å². The number of aromatic hydroxyl groups is 1. The highest BCUT2D eigenvalue weighted by atomic mass is 16.6. The number of aliphatic hydroxyl groups excluding tert-OH is 1. The molecule has 12 heteroatoms. The molecular formula is C38H53N5O7. The van der Waals surface area contributed by atoms with Crippen LogP contribution in [0.25, 0.3) is 0 Å². The second-order valence-electron chi connectivity index (χ2n) is 13.8. The van der Waals surface area contributed by atoms with E-state index in [-0.39, 0.29) is 31.2 Å². The molecule has 0 unspecified atom stereocenters. The number of hydrogen-bond donors (Lipinski definition) is 6. The van der Waals surface area contributed by atoms with Crippen molar-refractivity contribution in [1.29, 1.82) is 0 Å². The molecule has 272 valence electrons. The molecular weight excluding hydrogens is 638 g/mol. The molecule has 4 atom stereocenters. The molecule has 6 N–H and O–H groups in total.